The van der Waals surface area contributed by atoms with E-state index in [9.17, 15) is 9.59 Å². The van der Waals surface area contributed by atoms with Gasteiger partial charge in [-0.2, -0.15) is 0 Å². The molecule has 0 radical (unpaired) electrons. The number of allylic oxidation sites excluding steroid dienone is 1. The average molecular weight is 475 g/mol. The van der Waals surface area contributed by atoms with E-state index < -0.39 is 0 Å². The summed E-state index contributed by atoms with van der Waals surface area (Å²) in [4.78, 5) is 32.7. The van der Waals surface area contributed by atoms with Crippen LogP contribution in [0.2, 0.25) is 5.02 Å². The van der Waals surface area contributed by atoms with Crippen molar-refractivity contribution in [3.05, 3.63) is 73.6 Å². The summed E-state index contributed by atoms with van der Waals surface area (Å²) < 4.78 is 7.58. The highest BCUT2D eigenvalue weighted by atomic mass is 35.5. The smallest absolute Gasteiger partial charge is 0.262 e. The molecule has 0 N–H and O–H groups in total. The molecule has 0 unspecified atom stereocenters. The Hall–Kier alpha value is -1.93. The van der Waals surface area contributed by atoms with E-state index in [1.165, 1.54) is 11.3 Å². The lowest BCUT2D eigenvalue weighted by Crippen LogP contribution is -2.32. The van der Waals surface area contributed by atoms with Crippen molar-refractivity contribution in [3.63, 3.8) is 0 Å². The third-order valence-electron chi connectivity index (χ3n) is 5.11. The quantitative estimate of drug-likeness (QED) is 0.449. The molecule has 4 rings (SSSR count). The third-order valence-corrected chi connectivity index (χ3v) is 7.36. The number of benzene rings is 1. The van der Waals surface area contributed by atoms with Crippen LogP contribution in [0.5, 0.6) is 0 Å². The predicted molar refractivity (Wildman–Crippen MR) is 128 cm³/mol. The second-order valence-corrected chi connectivity index (χ2v) is 10.8. The van der Waals surface area contributed by atoms with Crippen molar-refractivity contribution in [2.24, 2.45) is 0 Å². The fraction of sp³-hybridized carbons (Fsp3) is 0.348. The second-order valence-electron chi connectivity index (χ2n) is 8.37. The van der Waals surface area contributed by atoms with Crippen LogP contribution in [0.3, 0.4) is 0 Å². The molecule has 162 valence electrons. The fourth-order valence-electron chi connectivity index (χ4n) is 3.61. The van der Waals surface area contributed by atoms with Gasteiger partial charge in [-0.05, 0) is 50.6 Å². The van der Waals surface area contributed by atoms with E-state index in [0.717, 1.165) is 27.8 Å². The zero-order chi connectivity index (χ0) is 22.3. The lowest BCUT2D eigenvalue weighted by Gasteiger charge is -2.30. The molecule has 0 saturated heterocycles. The van der Waals surface area contributed by atoms with Crippen LogP contribution in [-0.2, 0) is 30.1 Å². The molecule has 31 heavy (non-hydrogen) atoms. The highest BCUT2D eigenvalue weighted by Crippen LogP contribution is 2.37. The van der Waals surface area contributed by atoms with Crippen molar-refractivity contribution in [2.75, 3.05) is 0 Å². The highest BCUT2D eigenvalue weighted by Gasteiger charge is 2.31. The highest BCUT2D eigenvalue weighted by molar-refractivity contribution is 8.13. The number of thiophene rings is 1. The van der Waals surface area contributed by atoms with Gasteiger partial charge in [0, 0.05) is 28.4 Å². The molecule has 0 atom stereocenters. The summed E-state index contributed by atoms with van der Waals surface area (Å²) in [5.41, 5.74) is 2.08. The molecule has 0 fully saturated rings. The molecule has 3 aromatic rings. The molecular formula is C23H23ClN2O3S2. The van der Waals surface area contributed by atoms with E-state index >= 15 is 0 Å². The number of hydrogen-bond acceptors (Lipinski definition) is 6. The summed E-state index contributed by atoms with van der Waals surface area (Å²) in [5.74, 6) is 0.872. The maximum atomic E-state index is 13.5. The van der Waals surface area contributed by atoms with Crippen molar-refractivity contribution in [1.82, 2.24) is 9.55 Å². The van der Waals surface area contributed by atoms with Gasteiger partial charge in [0.2, 0.25) is 5.12 Å². The fourth-order valence-corrected chi connectivity index (χ4v) is 5.63. The van der Waals surface area contributed by atoms with Crippen molar-refractivity contribution in [2.45, 2.75) is 51.7 Å². The van der Waals surface area contributed by atoms with Crippen LogP contribution >= 0.6 is 34.7 Å². The van der Waals surface area contributed by atoms with Crippen LogP contribution in [0.15, 0.2) is 41.2 Å². The third kappa shape index (κ3) is 4.65. The summed E-state index contributed by atoms with van der Waals surface area (Å²) in [6.45, 7) is 10.8. The Morgan fingerprint density at radius 3 is 2.74 bits per heavy atom. The molecule has 0 saturated carbocycles. The molecule has 1 aliphatic rings. The number of hydrogen-bond donors (Lipinski definition) is 0. The van der Waals surface area contributed by atoms with Gasteiger partial charge in [-0.15, -0.1) is 11.3 Å². The Kier molecular flexibility index (Phi) is 6.14. The van der Waals surface area contributed by atoms with Crippen molar-refractivity contribution in [1.29, 1.82) is 0 Å². The van der Waals surface area contributed by atoms with Crippen LogP contribution in [-0.4, -0.2) is 20.3 Å². The molecule has 0 spiro atoms. The number of carbonyl (C=O) groups is 1. The number of carbonyl (C=O) groups excluding carboxylic acids is 1. The molecular weight excluding hydrogens is 452 g/mol. The number of nitrogens with zero attached hydrogens (tertiary/aromatic N) is 2. The largest absolute Gasteiger partial charge is 0.370 e. The number of rotatable bonds is 5. The Labute approximate surface area is 194 Å². The first-order chi connectivity index (χ1) is 14.6. The van der Waals surface area contributed by atoms with E-state index in [1.807, 2.05) is 20.8 Å². The van der Waals surface area contributed by atoms with Gasteiger partial charge >= 0.3 is 0 Å². The maximum Gasteiger partial charge on any atom is 0.262 e. The van der Waals surface area contributed by atoms with Gasteiger partial charge in [-0.1, -0.05) is 35.5 Å². The molecule has 0 aliphatic carbocycles. The molecule has 0 amide bonds. The van der Waals surface area contributed by atoms with Crippen LogP contribution in [0.25, 0.3) is 10.2 Å². The van der Waals surface area contributed by atoms with Gasteiger partial charge in [-0.25, -0.2) is 4.98 Å². The minimum Gasteiger partial charge on any atom is -0.370 e. The Balaban J connectivity index is 1.72. The van der Waals surface area contributed by atoms with E-state index in [4.69, 9.17) is 21.3 Å². The second kappa shape index (κ2) is 8.54. The van der Waals surface area contributed by atoms with Crippen LogP contribution in [0.4, 0.5) is 0 Å². The normalized spacial score (nSPS) is 15.1. The van der Waals surface area contributed by atoms with Crippen molar-refractivity contribution >= 4 is 50.0 Å². The summed E-state index contributed by atoms with van der Waals surface area (Å²) in [6, 6.07) is 6.78. The van der Waals surface area contributed by atoms with Crippen LogP contribution in [0, 0.1) is 0 Å². The van der Waals surface area contributed by atoms with Gasteiger partial charge in [0.15, 0.2) is 0 Å². The molecule has 2 aromatic heterocycles. The lowest BCUT2D eigenvalue weighted by atomic mass is 9.94. The van der Waals surface area contributed by atoms with Gasteiger partial charge < -0.3 is 4.74 Å². The lowest BCUT2D eigenvalue weighted by molar-refractivity contribution is -0.0379. The molecule has 1 aliphatic heterocycles. The van der Waals surface area contributed by atoms with Gasteiger partial charge in [0.25, 0.3) is 5.56 Å². The van der Waals surface area contributed by atoms with E-state index in [0.29, 0.717) is 52.0 Å². The predicted octanol–water partition coefficient (Wildman–Crippen LogP) is 5.61. The topological polar surface area (TPSA) is 61.2 Å². The van der Waals surface area contributed by atoms with E-state index in [2.05, 4.69) is 6.58 Å². The zero-order valence-corrected chi connectivity index (χ0v) is 20.0. The first-order valence-electron chi connectivity index (χ1n) is 9.89. The molecule has 3 heterocycles. The van der Waals surface area contributed by atoms with E-state index in [-0.39, 0.29) is 16.3 Å². The molecule has 0 bridgehead atoms. The maximum absolute atomic E-state index is 13.5. The average Bonchev–Trinajstić information content (AvgIpc) is 3.05. The minimum atomic E-state index is -0.313. The molecule has 5 nitrogen and oxygen atoms in total. The number of fused-ring (bicyclic) bond motifs is 3. The number of halogens is 1. The first kappa shape index (κ1) is 22.3. The van der Waals surface area contributed by atoms with Crippen molar-refractivity contribution < 1.29 is 9.53 Å². The van der Waals surface area contributed by atoms with Crippen molar-refractivity contribution in [3.8, 4) is 0 Å². The molecule has 8 heteroatoms. The monoisotopic (exact) mass is 474 g/mol. The Bertz CT molecular complexity index is 1240. The van der Waals surface area contributed by atoms with Gasteiger partial charge in [0.05, 0.1) is 23.3 Å². The van der Waals surface area contributed by atoms with Gasteiger partial charge in [-0.3, -0.25) is 14.2 Å². The number of thioether (sulfide) groups is 1. The van der Waals surface area contributed by atoms with Crippen LogP contribution < -0.4 is 5.56 Å². The standard InChI is InChI=1S/C23H23ClN2O3S2/c1-13(2)10-26-18(12-30-22(28)14-5-7-15(24)8-6-14)25-20-19(21(26)27)16-9-23(3,4)29-11-17(16)31-20/h5-8H,1,9-12H2,2-4H3. The SMILES string of the molecule is C=C(C)Cn1c(CSC(=O)c2ccc(Cl)cc2)nc2sc3c(c2c1=O)CC(C)(C)OC3. The first-order valence-corrected chi connectivity index (χ1v) is 12.1. The Morgan fingerprint density at radius 2 is 2.06 bits per heavy atom. The Morgan fingerprint density at radius 1 is 1.35 bits per heavy atom. The zero-order valence-electron chi connectivity index (χ0n) is 17.7. The van der Waals surface area contributed by atoms with E-state index in [1.54, 1.807) is 28.8 Å². The molecule has 1 aromatic carbocycles. The summed E-state index contributed by atoms with van der Waals surface area (Å²) in [7, 11) is 0. The summed E-state index contributed by atoms with van der Waals surface area (Å²) in [5, 5.41) is 1.17. The van der Waals surface area contributed by atoms with Gasteiger partial charge in [0.1, 0.15) is 10.7 Å². The summed E-state index contributed by atoms with van der Waals surface area (Å²) in [6.07, 6.45) is 0.676. The summed E-state index contributed by atoms with van der Waals surface area (Å²) >= 11 is 8.55. The number of ether oxygens (including phenoxy) is 1. The minimum absolute atomic E-state index is 0.0715. The van der Waals surface area contributed by atoms with Crippen LogP contribution in [0.1, 0.15) is 47.4 Å². The number of aromatic nitrogens is 2.